The fraction of sp³-hybridized carbons (Fsp3) is 0.467. The number of anilines is 2. The number of hydrogen-bond acceptors (Lipinski definition) is 8. The standard InChI is InChI=1S/C30H38N6O5/c1-21(38)36-18-6-16-30(36,20-37)19-31-22-8-12-24(13-9-22)33-34-25-14-10-23(11-15-25)32-27(39)26-7-5-17-35(26)28(40)41-29(2,3)4/h8-15,20,26,31H,5-7,16-19H2,1-4H3,(H,32,39)/b34-33+/t26-,30-/m0/s1. The van der Waals surface area contributed by atoms with Crippen molar-refractivity contribution >= 4 is 46.9 Å². The summed E-state index contributed by atoms with van der Waals surface area (Å²) in [5.41, 5.74) is 1.23. The zero-order chi connectivity index (χ0) is 29.6. The van der Waals surface area contributed by atoms with Crippen LogP contribution in [0.1, 0.15) is 53.4 Å². The molecule has 11 heteroatoms. The van der Waals surface area contributed by atoms with Gasteiger partial charge in [-0.25, -0.2) is 4.79 Å². The van der Waals surface area contributed by atoms with Crippen LogP contribution < -0.4 is 10.6 Å². The smallest absolute Gasteiger partial charge is 0.410 e. The second-order valence-electron chi connectivity index (χ2n) is 11.5. The van der Waals surface area contributed by atoms with Crippen LogP contribution in [0.25, 0.3) is 0 Å². The van der Waals surface area contributed by atoms with E-state index >= 15 is 0 Å². The molecule has 2 heterocycles. The molecule has 0 aromatic heterocycles. The summed E-state index contributed by atoms with van der Waals surface area (Å²) in [6.45, 7) is 8.32. The second-order valence-corrected chi connectivity index (χ2v) is 11.5. The van der Waals surface area contributed by atoms with Gasteiger partial charge in [0.15, 0.2) is 0 Å². The first-order valence-electron chi connectivity index (χ1n) is 13.9. The maximum Gasteiger partial charge on any atom is 0.410 e. The van der Waals surface area contributed by atoms with Crippen molar-refractivity contribution in [1.82, 2.24) is 9.80 Å². The summed E-state index contributed by atoms with van der Waals surface area (Å²) >= 11 is 0. The molecule has 2 aromatic rings. The normalized spacial score (nSPS) is 20.7. The highest BCUT2D eigenvalue weighted by molar-refractivity contribution is 5.97. The van der Waals surface area contributed by atoms with Gasteiger partial charge >= 0.3 is 6.09 Å². The van der Waals surface area contributed by atoms with Crippen LogP contribution in [-0.2, 0) is 19.1 Å². The molecular formula is C30H38N6O5. The van der Waals surface area contributed by atoms with Crippen LogP contribution in [0.5, 0.6) is 0 Å². The molecule has 2 N–H and O–H groups in total. The molecule has 0 spiro atoms. The van der Waals surface area contributed by atoms with Crippen LogP contribution in [0.2, 0.25) is 0 Å². The zero-order valence-corrected chi connectivity index (χ0v) is 24.1. The topological polar surface area (TPSA) is 133 Å². The van der Waals surface area contributed by atoms with Crippen molar-refractivity contribution in [1.29, 1.82) is 0 Å². The number of hydrogen-bond donors (Lipinski definition) is 2. The summed E-state index contributed by atoms with van der Waals surface area (Å²) in [6.07, 6.45) is 3.17. The Bertz CT molecular complexity index is 1290. The Balaban J connectivity index is 1.30. The van der Waals surface area contributed by atoms with Crippen molar-refractivity contribution in [2.24, 2.45) is 10.2 Å². The predicted molar refractivity (Wildman–Crippen MR) is 156 cm³/mol. The van der Waals surface area contributed by atoms with Crippen molar-refractivity contribution < 1.29 is 23.9 Å². The Hall–Kier alpha value is -4.28. The third kappa shape index (κ3) is 7.47. The van der Waals surface area contributed by atoms with Crippen molar-refractivity contribution in [2.45, 2.75) is 70.6 Å². The lowest BCUT2D eigenvalue weighted by Crippen LogP contribution is -2.52. The van der Waals surface area contributed by atoms with Gasteiger partial charge in [-0.1, -0.05) is 0 Å². The summed E-state index contributed by atoms with van der Waals surface area (Å²) in [6, 6.07) is 13.7. The number of aldehydes is 1. The monoisotopic (exact) mass is 562 g/mol. The lowest BCUT2D eigenvalue weighted by molar-refractivity contribution is -0.136. The Morgan fingerprint density at radius 3 is 2.15 bits per heavy atom. The summed E-state index contributed by atoms with van der Waals surface area (Å²) in [4.78, 5) is 52.3. The summed E-state index contributed by atoms with van der Waals surface area (Å²) in [7, 11) is 0. The molecule has 4 rings (SSSR count). The zero-order valence-electron chi connectivity index (χ0n) is 24.1. The average Bonchev–Trinajstić information content (AvgIpc) is 3.60. The molecule has 2 fully saturated rings. The highest BCUT2D eigenvalue weighted by Crippen LogP contribution is 2.29. The number of rotatable bonds is 8. The van der Waals surface area contributed by atoms with Crippen molar-refractivity contribution in [3.8, 4) is 0 Å². The molecule has 2 aliphatic heterocycles. The summed E-state index contributed by atoms with van der Waals surface area (Å²) < 4.78 is 5.45. The van der Waals surface area contributed by atoms with E-state index in [-0.39, 0.29) is 11.8 Å². The van der Waals surface area contributed by atoms with E-state index in [4.69, 9.17) is 4.74 Å². The Morgan fingerprint density at radius 2 is 1.59 bits per heavy atom. The molecule has 218 valence electrons. The molecular weight excluding hydrogens is 524 g/mol. The summed E-state index contributed by atoms with van der Waals surface area (Å²) in [5.74, 6) is -0.348. The second kappa shape index (κ2) is 12.5. The lowest BCUT2D eigenvalue weighted by Gasteiger charge is -2.33. The first-order valence-corrected chi connectivity index (χ1v) is 13.9. The van der Waals surface area contributed by atoms with Crippen LogP contribution in [-0.4, -0.2) is 70.8 Å². The number of benzene rings is 2. The largest absolute Gasteiger partial charge is 0.444 e. The van der Waals surface area contributed by atoms with E-state index in [9.17, 15) is 19.2 Å². The van der Waals surface area contributed by atoms with Crippen LogP contribution in [0.15, 0.2) is 58.8 Å². The number of azo groups is 1. The van der Waals surface area contributed by atoms with Crippen molar-refractivity contribution in [2.75, 3.05) is 30.3 Å². The molecule has 0 unspecified atom stereocenters. The minimum absolute atomic E-state index is 0.0961. The molecule has 41 heavy (non-hydrogen) atoms. The van der Waals surface area contributed by atoms with Gasteiger partial charge in [0.25, 0.3) is 0 Å². The Kier molecular flexibility index (Phi) is 9.05. The van der Waals surface area contributed by atoms with Gasteiger partial charge < -0.3 is 25.1 Å². The third-order valence-corrected chi connectivity index (χ3v) is 7.19. The quantitative estimate of drug-likeness (QED) is 0.326. The predicted octanol–water partition coefficient (Wildman–Crippen LogP) is 5.43. The van der Waals surface area contributed by atoms with Gasteiger partial charge in [0.2, 0.25) is 11.8 Å². The Morgan fingerprint density at radius 1 is 0.976 bits per heavy atom. The number of likely N-dealkylation sites (tertiary alicyclic amines) is 2. The van der Waals surface area contributed by atoms with Crippen molar-refractivity contribution in [3.05, 3.63) is 48.5 Å². The molecule has 3 amide bonds. The van der Waals surface area contributed by atoms with Gasteiger partial charge in [0.05, 0.1) is 11.4 Å². The molecule has 2 aromatic carbocycles. The average molecular weight is 563 g/mol. The lowest BCUT2D eigenvalue weighted by atomic mass is 9.97. The molecule has 2 aliphatic rings. The third-order valence-electron chi connectivity index (χ3n) is 7.19. The van der Waals surface area contributed by atoms with E-state index in [2.05, 4.69) is 20.9 Å². The van der Waals surface area contributed by atoms with Crippen LogP contribution in [0.3, 0.4) is 0 Å². The van der Waals surface area contributed by atoms with Gasteiger partial charge in [0, 0.05) is 37.9 Å². The summed E-state index contributed by atoms with van der Waals surface area (Å²) in [5, 5.41) is 14.7. The number of nitrogens with one attached hydrogen (secondary N) is 2. The van der Waals surface area contributed by atoms with Gasteiger partial charge in [-0.15, -0.1) is 0 Å². The van der Waals surface area contributed by atoms with E-state index < -0.39 is 23.3 Å². The maximum atomic E-state index is 12.9. The highest BCUT2D eigenvalue weighted by atomic mass is 16.6. The molecule has 0 saturated carbocycles. The minimum Gasteiger partial charge on any atom is -0.444 e. The van der Waals surface area contributed by atoms with Crippen LogP contribution >= 0.6 is 0 Å². The fourth-order valence-corrected chi connectivity index (χ4v) is 5.15. The van der Waals surface area contributed by atoms with E-state index in [0.717, 1.165) is 24.8 Å². The first-order chi connectivity index (χ1) is 19.5. The highest BCUT2D eigenvalue weighted by Gasteiger charge is 2.42. The van der Waals surface area contributed by atoms with Crippen molar-refractivity contribution in [3.63, 3.8) is 0 Å². The van der Waals surface area contributed by atoms with Gasteiger partial charge in [-0.3, -0.25) is 14.5 Å². The van der Waals surface area contributed by atoms with E-state index in [1.807, 2.05) is 24.3 Å². The van der Waals surface area contributed by atoms with Crippen LogP contribution in [0, 0.1) is 0 Å². The number of ether oxygens (including phenoxy) is 1. The van der Waals surface area contributed by atoms with Gasteiger partial charge in [-0.05, 0) is 95.0 Å². The number of carbonyl (C=O) groups excluding carboxylic acids is 4. The number of amides is 3. The van der Waals surface area contributed by atoms with Gasteiger partial charge in [0.1, 0.15) is 23.5 Å². The molecule has 2 atom stereocenters. The number of nitrogens with zero attached hydrogens (tertiary/aromatic N) is 4. The SMILES string of the molecule is CC(=O)N1CCC[C@@]1(C=O)CNc1ccc(/N=N/c2ccc(NC(=O)[C@@H]3CCCN3C(=O)OC(C)(C)C)cc2)cc1. The molecule has 11 nitrogen and oxygen atoms in total. The van der Waals surface area contributed by atoms with E-state index in [1.165, 1.54) is 11.8 Å². The molecule has 2 saturated heterocycles. The van der Waals surface area contributed by atoms with Crippen LogP contribution in [0.4, 0.5) is 27.5 Å². The Labute approximate surface area is 240 Å². The molecule has 0 aliphatic carbocycles. The first kappa shape index (κ1) is 29.7. The van der Waals surface area contributed by atoms with E-state index in [1.54, 1.807) is 49.9 Å². The fourth-order valence-electron chi connectivity index (χ4n) is 5.15. The molecule has 0 radical (unpaired) electrons. The molecule has 0 bridgehead atoms. The minimum atomic E-state index is -0.815. The maximum absolute atomic E-state index is 12.9. The number of carbonyl (C=O) groups is 4. The van der Waals surface area contributed by atoms with Gasteiger partial charge in [-0.2, -0.15) is 10.2 Å². The van der Waals surface area contributed by atoms with E-state index in [0.29, 0.717) is 49.5 Å².